The van der Waals surface area contributed by atoms with Gasteiger partial charge in [0.05, 0.1) is 11.5 Å². The molecule has 1 aromatic carbocycles. The first-order chi connectivity index (χ1) is 10.9. The quantitative estimate of drug-likeness (QED) is 0.920. The van der Waals surface area contributed by atoms with Gasteiger partial charge in [0.2, 0.25) is 0 Å². The Morgan fingerprint density at radius 1 is 1.35 bits per heavy atom. The van der Waals surface area contributed by atoms with E-state index in [9.17, 15) is 17.6 Å². The van der Waals surface area contributed by atoms with Gasteiger partial charge in [-0.1, -0.05) is 5.16 Å². The van der Waals surface area contributed by atoms with Crippen LogP contribution in [0.3, 0.4) is 0 Å². The van der Waals surface area contributed by atoms with Crippen LogP contribution in [0.4, 0.5) is 4.39 Å². The lowest BCUT2D eigenvalue weighted by molar-refractivity contribution is 0.0940. The van der Waals surface area contributed by atoms with E-state index in [1.54, 1.807) is 6.92 Å². The number of amides is 1. The Hall–Kier alpha value is -2.22. The van der Waals surface area contributed by atoms with Crippen molar-refractivity contribution in [3.8, 4) is 11.3 Å². The van der Waals surface area contributed by atoms with Crippen LogP contribution in [-0.2, 0) is 9.84 Å². The summed E-state index contributed by atoms with van der Waals surface area (Å²) in [7, 11) is -3.08. The summed E-state index contributed by atoms with van der Waals surface area (Å²) in [5.74, 6) is -0.496. The SMILES string of the molecule is Cc1onc(-c2ccc(F)cc2)c1C(=O)N[C@@H]1CCS(=O)(=O)C1. The number of nitrogens with one attached hydrogen (secondary N) is 1. The van der Waals surface area contributed by atoms with Crippen molar-refractivity contribution in [2.24, 2.45) is 0 Å². The van der Waals surface area contributed by atoms with Gasteiger partial charge < -0.3 is 9.84 Å². The number of nitrogens with zero attached hydrogens (tertiary/aromatic N) is 1. The third-order valence-electron chi connectivity index (χ3n) is 3.78. The molecule has 0 radical (unpaired) electrons. The van der Waals surface area contributed by atoms with Crippen molar-refractivity contribution in [3.63, 3.8) is 0 Å². The number of carbonyl (C=O) groups excluding carboxylic acids is 1. The highest BCUT2D eigenvalue weighted by Crippen LogP contribution is 2.26. The van der Waals surface area contributed by atoms with Crippen molar-refractivity contribution in [1.29, 1.82) is 0 Å². The van der Waals surface area contributed by atoms with Gasteiger partial charge in [0.15, 0.2) is 9.84 Å². The van der Waals surface area contributed by atoms with Crippen molar-refractivity contribution in [2.75, 3.05) is 11.5 Å². The highest BCUT2D eigenvalue weighted by molar-refractivity contribution is 7.91. The van der Waals surface area contributed by atoms with E-state index >= 15 is 0 Å². The third-order valence-corrected chi connectivity index (χ3v) is 5.54. The predicted molar refractivity (Wildman–Crippen MR) is 81.2 cm³/mol. The highest BCUT2D eigenvalue weighted by Gasteiger charge is 2.31. The number of carbonyl (C=O) groups is 1. The number of hydrogen-bond acceptors (Lipinski definition) is 5. The van der Waals surface area contributed by atoms with E-state index in [0.29, 0.717) is 23.4 Å². The van der Waals surface area contributed by atoms with Crippen molar-refractivity contribution in [2.45, 2.75) is 19.4 Å². The molecular formula is C15H15FN2O4S. The van der Waals surface area contributed by atoms with E-state index in [1.807, 2.05) is 0 Å². The van der Waals surface area contributed by atoms with Crippen LogP contribution >= 0.6 is 0 Å². The molecule has 0 bridgehead atoms. The van der Waals surface area contributed by atoms with Gasteiger partial charge in [-0.05, 0) is 37.6 Å². The fraction of sp³-hybridized carbons (Fsp3) is 0.333. The number of aryl methyl sites for hydroxylation is 1. The van der Waals surface area contributed by atoms with Gasteiger partial charge in [-0.15, -0.1) is 0 Å². The molecular weight excluding hydrogens is 323 g/mol. The zero-order chi connectivity index (χ0) is 16.6. The lowest BCUT2D eigenvalue weighted by Crippen LogP contribution is -2.36. The van der Waals surface area contributed by atoms with Crippen LogP contribution in [0.1, 0.15) is 22.5 Å². The highest BCUT2D eigenvalue weighted by atomic mass is 32.2. The van der Waals surface area contributed by atoms with E-state index in [4.69, 9.17) is 4.52 Å². The molecule has 122 valence electrons. The van der Waals surface area contributed by atoms with Crippen LogP contribution in [0.25, 0.3) is 11.3 Å². The third kappa shape index (κ3) is 3.26. The number of rotatable bonds is 3. The Labute approximate surface area is 132 Å². The monoisotopic (exact) mass is 338 g/mol. The zero-order valence-corrected chi connectivity index (χ0v) is 13.2. The summed E-state index contributed by atoms with van der Waals surface area (Å²) < 4.78 is 41.1. The maximum absolute atomic E-state index is 13.0. The van der Waals surface area contributed by atoms with Gasteiger partial charge in [0.25, 0.3) is 5.91 Å². The molecule has 6 nitrogen and oxygen atoms in total. The number of hydrogen-bond donors (Lipinski definition) is 1. The number of aromatic nitrogens is 1. The van der Waals surface area contributed by atoms with Gasteiger partial charge in [0.1, 0.15) is 22.8 Å². The van der Waals surface area contributed by atoms with Gasteiger partial charge in [-0.25, -0.2) is 12.8 Å². The second-order valence-corrected chi connectivity index (χ2v) is 7.77. The second kappa shape index (κ2) is 5.77. The molecule has 1 N–H and O–H groups in total. The molecule has 2 heterocycles. The summed E-state index contributed by atoms with van der Waals surface area (Å²) in [4.78, 5) is 12.5. The topological polar surface area (TPSA) is 89.3 Å². The van der Waals surface area contributed by atoms with Crippen molar-refractivity contribution >= 4 is 15.7 Å². The molecule has 2 aromatic rings. The fourth-order valence-electron chi connectivity index (χ4n) is 2.61. The normalized spacial score (nSPS) is 19.7. The Morgan fingerprint density at radius 3 is 2.65 bits per heavy atom. The van der Waals surface area contributed by atoms with Crippen molar-refractivity contribution < 1.29 is 22.1 Å². The number of sulfone groups is 1. The Balaban J connectivity index is 1.86. The van der Waals surface area contributed by atoms with Crippen LogP contribution in [0.5, 0.6) is 0 Å². The molecule has 1 saturated heterocycles. The maximum atomic E-state index is 13.0. The summed E-state index contributed by atoms with van der Waals surface area (Å²) in [5.41, 5.74) is 1.09. The summed E-state index contributed by atoms with van der Waals surface area (Å²) in [6.07, 6.45) is 0.393. The van der Waals surface area contributed by atoms with E-state index in [-0.39, 0.29) is 17.1 Å². The van der Waals surface area contributed by atoms with Crippen LogP contribution in [0, 0.1) is 12.7 Å². The second-order valence-electron chi connectivity index (χ2n) is 5.54. The molecule has 1 fully saturated rings. The van der Waals surface area contributed by atoms with Crippen molar-refractivity contribution in [1.82, 2.24) is 10.5 Å². The van der Waals surface area contributed by atoms with Gasteiger partial charge in [0, 0.05) is 11.6 Å². The predicted octanol–water partition coefficient (Wildman–Crippen LogP) is 1.71. The van der Waals surface area contributed by atoms with Gasteiger partial charge >= 0.3 is 0 Å². The lowest BCUT2D eigenvalue weighted by atomic mass is 10.1. The van der Waals surface area contributed by atoms with E-state index in [2.05, 4.69) is 10.5 Å². The Morgan fingerprint density at radius 2 is 2.04 bits per heavy atom. The average molecular weight is 338 g/mol. The smallest absolute Gasteiger partial charge is 0.257 e. The Bertz CT molecular complexity index is 843. The van der Waals surface area contributed by atoms with Crippen LogP contribution in [-0.4, -0.2) is 37.0 Å². The fourth-order valence-corrected chi connectivity index (χ4v) is 4.28. The molecule has 0 unspecified atom stereocenters. The summed E-state index contributed by atoms with van der Waals surface area (Å²) in [5, 5.41) is 6.57. The molecule has 23 heavy (non-hydrogen) atoms. The number of halogens is 1. The lowest BCUT2D eigenvalue weighted by Gasteiger charge is -2.10. The molecule has 0 spiro atoms. The van der Waals surface area contributed by atoms with E-state index < -0.39 is 27.6 Å². The minimum absolute atomic E-state index is 0.0606. The molecule has 8 heteroatoms. The number of benzene rings is 1. The van der Waals surface area contributed by atoms with Gasteiger partial charge in [-0.2, -0.15) is 0 Å². The first-order valence-electron chi connectivity index (χ1n) is 7.09. The molecule has 1 aliphatic rings. The van der Waals surface area contributed by atoms with Crippen molar-refractivity contribution in [3.05, 3.63) is 41.4 Å². The zero-order valence-electron chi connectivity index (χ0n) is 12.4. The molecule has 1 aliphatic heterocycles. The first-order valence-corrected chi connectivity index (χ1v) is 8.91. The largest absolute Gasteiger partial charge is 0.360 e. The molecule has 1 amide bonds. The summed E-state index contributed by atoms with van der Waals surface area (Å²) in [6.45, 7) is 1.60. The molecule has 1 aromatic heterocycles. The van der Waals surface area contributed by atoms with Gasteiger partial charge in [-0.3, -0.25) is 4.79 Å². The first kappa shape index (κ1) is 15.7. The summed E-state index contributed by atoms with van der Waals surface area (Å²) in [6, 6.07) is 5.13. The Kier molecular flexibility index (Phi) is 3.93. The molecule has 3 rings (SSSR count). The van der Waals surface area contributed by atoms with Crippen LogP contribution < -0.4 is 5.32 Å². The van der Waals surface area contributed by atoms with Crippen LogP contribution in [0.2, 0.25) is 0 Å². The van der Waals surface area contributed by atoms with Crippen LogP contribution in [0.15, 0.2) is 28.8 Å². The molecule has 0 aliphatic carbocycles. The maximum Gasteiger partial charge on any atom is 0.257 e. The minimum atomic E-state index is -3.08. The van der Waals surface area contributed by atoms with E-state index in [1.165, 1.54) is 24.3 Å². The molecule has 1 atom stereocenters. The standard InChI is InChI=1S/C15H15FN2O4S/c1-9-13(15(19)17-12-6-7-23(20,21)8-12)14(18-22-9)10-2-4-11(16)5-3-10/h2-5,12H,6-8H2,1H3,(H,17,19)/t12-/m1/s1. The average Bonchev–Trinajstić information content (AvgIpc) is 3.02. The van der Waals surface area contributed by atoms with E-state index in [0.717, 1.165) is 0 Å². The molecule has 0 saturated carbocycles. The minimum Gasteiger partial charge on any atom is -0.360 e. The summed E-state index contributed by atoms with van der Waals surface area (Å²) >= 11 is 0.